The van der Waals surface area contributed by atoms with Gasteiger partial charge in [-0.05, 0) is 23.6 Å². The second-order valence-electron chi connectivity index (χ2n) is 6.79. The highest BCUT2D eigenvalue weighted by molar-refractivity contribution is 6.11. The molecule has 3 heterocycles. The number of benzene rings is 2. The predicted molar refractivity (Wildman–Crippen MR) is 108 cm³/mol. The largest absolute Gasteiger partial charge is 0.254 e. The van der Waals surface area contributed by atoms with Crippen LogP contribution in [0, 0.1) is 0 Å². The maximum Gasteiger partial charge on any atom is 0.0968 e. The molecule has 0 radical (unpaired) electrons. The maximum atomic E-state index is 8.64. The normalized spacial score (nSPS) is 12.8. The van der Waals surface area contributed by atoms with Crippen LogP contribution >= 0.6 is 0 Å². The van der Waals surface area contributed by atoms with Crippen molar-refractivity contribution >= 4 is 27.3 Å². The van der Waals surface area contributed by atoms with Crippen molar-refractivity contribution in [1.29, 1.82) is 0 Å². The van der Waals surface area contributed by atoms with Crippen molar-refractivity contribution < 1.29 is 1.37 Å². The Hall–Kier alpha value is -3.20. The van der Waals surface area contributed by atoms with Gasteiger partial charge in [-0.25, -0.2) is 4.52 Å². The van der Waals surface area contributed by atoms with Gasteiger partial charge in [0, 0.05) is 23.9 Å². The van der Waals surface area contributed by atoms with E-state index in [0.29, 0.717) is 0 Å². The van der Waals surface area contributed by atoms with Gasteiger partial charge in [-0.2, -0.15) is 5.10 Å². The molecular formula is C23H19N3. The maximum absolute atomic E-state index is 8.64. The first kappa shape index (κ1) is 14.0. The van der Waals surface area contributed by atoms with Gasteiger partial charge in [0.2, 0.25) is 0 Å². The van der Waals surface area contributed by atoms with E-state index in [2.05, 4.69) is 35.3 Å². The molecule has 0 N–H and O–H groups in total. The Kier molecular flexibility index (Phi) is 3.06. The Labute approximate surface area is 153 Å². The van der Waals surface area contributed by atoms with Crippen LogP contribution in [0.15, 0.2) is 72.9 Å². The molecule has 3 aromatic heterocycles. The Morgan fingerprint density at radius 1 is 0.923 bits per heavy atom. The summed E-state index contributed by atoms with van der Waals surface area (Å²) in [5, 5.41) is 7.13. The SMILES string of the molecule is [2H]C(C)(C)c1ccnc2c3ccccc3c3cc(-c4ccccc4)nn3c12. The van der Waals surface area contributed by atoms with Crippen LogP contribution < -0.4 is 0 Å². The molecule has 0 bridgehead atoms. The van der Waals surface area contributed by atoms with Crippen LogP contribution in [0.1, 0.15) is 26.7 Å². The third kappa shape index (κ3) is 2.14. The Bertz CT molecular complexity index is 1300. The topological polar surface area (TPSA) is 30.2 Å². The molecule has 5 rings (SSSR count). The van der Waals surface area contributed by atoms with E-state index in [1.54, 1.807) is 6.20 Å². The molecule has 0 aliphatic carbocycles. The van der Waals surface area contributed by atoms with Gasteiger partial charge in [-0.15, -0.1) is 0 Å². The molecule has 26 heavy (non-hydrogen) atoms. The number of pyridine rings is 2. The first-order valence-electron chi connectivity index (χ1n) is 9.29. The average molecular weight is 338 g/mol. The van der Waals surface area contributed by atoms with Crippen LogP contribution in [0.4, 0.5) is 0 Å². The zero-order chi connectivity index (χ0) is 18.6. The lowest BCUT2D eigenvalue weighted by molar-refractivity contribution is 0.860. The quantitative estimate of drug-likeness (QED) is 0.379. The van der Waals surface area contributed by atoms with Gasteiger partial charge in [0.25, 0.3) is 0 Å². The van der Waals surface area contributed by atoms with Gasteiger partial charge in [0.05, 0.1) is 22.2 Å². The van der Waals surface area contributed by atoms with E-state index in [4.69, 9.17) is 6.47 Å². The molecule has 0 amide bonds. The number of fused-ring (bicyclic) bond motifs is 6. The summed E-state index contributed by atoms with van der Waals surface area (Å²) in [6.07, 6.45) is 1.80. The Balaban J connectivity index is 2.01. The second-order valence-corrected chi connectivity index (χ2v) is 6.79. The van der Waals surface area contributed by atoms with Crippen LogP contribution in [0.3, 0.4) is 0 Å². The first-order valence-corrected chi connectivity index (χ1v) is 8.79. The highest BCUT2D eigenvalue weighted by Gasteiger charge is 2.16. The van der Waals surface area contributed by atoms with E-state index in [1.165, 1.54) is 0 Å². The minimum absolute atomic E-state index is 0.755. The summed E-state index contributed by atoms with van der Waals surface area (Å²) >= 11 is 0. The summed E-state index contributed by atoms with van der Waals surface area (Å²) in [6.45, 7) is 3.81. The average Bonchev–Trinajstić information content (AvgIpc) is 3.13. The fraction of sp³-hybridized carbons (Fsp3) is 0.130. The third-order valence-corrected chi connectivity index (χ3v) is 4.91. The number of aromatic nitrogens is 3. The molecule has 3 nitrogen and oxygen atoms in total. The van der Waals surface area contributed by atoms with Crippen molar-refractivity contribution in [3.63, 3.8) is 0 Å². The van der Waals surface area contributed by atoms with Gasteiger partial charge in [0.1, 0.15) is 0 Å². The van der Waals surface area contributed by atoms with E-state index >= 15 is 0 Å². The Morgan fingerprint density at radius 3 is 2.42 bits per heavy atom. The van der Waals surface area contributed by atoms with E-state index in [1.807, 2.05) is 54.8 Å². The van der Waals surface area contributed by atoms with Crippen molar-refractivity contribution in [2.24, 2.45) is 0 Å². The van der Waals surface area contributed by atoms with E-state index in [0.717, 1.165) is 44.1 Å². The van der Waals surface area contributed by atoms with Crippen LogP contribution in [0.5, 0.6) is 0 Å². The predicted octanol–water partition coefficient (Wildman–Crippen LogP) is 5.83. The van der Waals surface area contributed by atoms with Crippen molar-refractivity contribution in [3.8, 4) is 11.3 Å². The van der Waals surface area contributed by atoms with Gasteiger partial charge >= 0.3 is 0 Å². The van der Waals surface area contributed by atoms with Crippen LogP contribution in [-0.2, 0) is 0 Å². The first-order chi connectivity index (χ1) is 13.0. The smallest absolute Gasteiger partial charge is 0.0968 e. The highest BCUT2D eigenvalue weighted by Crippen LogP contribution is 2.34. The zero-order valence-electron chi connectivity index (χ0n) is 15.8. The summed E-state index contributed by atoms with van der Waals surface area (Å²) in [5.41, 5.74) is 5.76. The summed E-state index contributed by atoms with van der Waals surface area (Å²) < 4.78 is 10.6. The van der Waals surface area contributed by atoms with Crippen molar-refractivity contribution in [2.75, 3.05) is 0 Å². The molecule has 0 aliphatic rings. The molecule has 0 spiro atoms. The lowest BCUT2D eigenvalue weighted by Crippen LogP contribution is -2.00. The lowest BCUT2D eigenvalue weighted by atomic mass is 10.00. The molecule has 0 fully saturated rings. The molecule has 0 unspecified atom stereocenters. The third-order valence-electron chi connectivity index (χ3n) is 4.91. The molecule has 3 heteroatoms. The second kappa shape index (κ2) is 5.67. The molecule has 2 aromatic carbocycles. The number of rotatable bonds is 2. The number of hydrogen-bond acceptors (Lipinski definition) is 2. The lowest BCUT2D eigenvalue weighted by Gasteiger charge is -2.13. The van der Waals surface area contributed by atoms with Gasteiger partial charge in [-0.3, -0.25) is 4.98 Å². The van der Waals surface area contributed by atoms with Crippen molar-refractivity contribution in [2.45, 2.75) is 19.7 Å². The number of hydrogen-bond donors (Lipinski definition) is 0. The summed E-state index contributed by atoms with van der Waals surface area (Å²) in [5.74, 6) is -0.755. The monoisotopic (exact) mass is 338 g/mol. The molecule has 0 aliphatic heterocycles. The van der Waals surface area contributed by atoms with Crippen LogP contribution in [0.25, 0.3) is 38.6 Å². The summed E-state index contributed by atoms with van der Waals surface area (Å²) in [4.78, 5) is 4.67. The Morgan fingerprint density at radius 2 is 1.65 bits per heavy atom. The van der Waals surface area contributed by atoms with Gasteiger partial charge < -0.3 is 0 Å². The fourth-order valence-corrected chi connectivity index (χ4v) is 3.68. The van der Waals surface area contributed by atoms with Crippen molar-refractivity contribution in [1.82, 2.24) is 14.6 Å². The zero-order valence-corrected chi connectivity index (χ0v) is 14.8. The van der Waals surface area contributed by atoms with Crippen LogP contribution in [-0.4, -0.2) is 14.6 Å². The molecule has 0 atom stereocenters. The van der Waals surface area contributed by atoms with E-state index < -0.39 is 5.89 Å². The van der Waals surface area contributed by atoms with Crippen molar-refractivity contribution in [3.05, 3.63) is 78.5 Å². The molecule has 0 saturated heterocycles. The molecule has 0 saturated carbocycles. The fourth-order valence-electron chi connectivity index (χ4n) is 3.68. The minimum atomic E-state index is -0.755. The standard InChI is InChI=1S/C23H19N3/c1-15(2)17-12-13-24-22-19-11-7-6-10-18(19)21-14-20(25-26(21)23(17)22)16-8-4-3-5-9-16/h3-15H,1-2H3/i15D. The van der Waals surface area contributed by atoms with Crippen LogP contribution in [0.2, 0.25) is 0 Å². The molecular weight excluding hydrogens is 318 g/mol. The van der Waals surface area contributed by atoms with Gasteiger partial charge in [0.15, 0.2) is 0 Å². The summed E-state index contributed by atoms with van der Waals surface area (Å²) in [7, 11) is 0. The molecule has 5 aromatic rings. The minimum Gasteiger partial charge on any atom is -0.254 e. The number of nitrogens with zero attached hydrogens (tertiary/aromatic N) is 3. The molecule has 126 valence electrons. The van der Waals surface area contributed by atoms with Gasteiger partial charge in [-0.1, -0.05) is 68.4 Å². The van der Waals surface area contributed by atoms with E-state index in [9.17, 15) is 0 Å². The van der Waals surface area contributed by atoms with E-state index in [-0.39, 0.29) is 0 Å². The highest BCUT2D eigenvalue weighted by atomic mass is 15.2. The summed E-state index contributed by atoms with van der Waals surface area (Å²) in [6, 6.07) is 22.5.